The SMILES string of the molecule is Cc1c(C(=O)Nc2cccc(OCC#N)c2)sc2nc3n(c(=O)c12)CCCCC3. The van der Waals surface area contributed by atoms with Crippen LogP contribution in [0.3, 0.4) is 0 Å². The van der Waals surface area contributed by atoms with Gasteiger partial charge >= 0.3 is 0 Å². The van der Waals surface area contributed by atoms with Gasteiger partial charge in [-0.3, -0.25) is 14.2 Å². The monoisotopic (exact) mass is 408 g/mol. The van der Waals surface area contributed by atoms with Crippen molar-refractivity contribution < 1.29 is 9.53 Å². The van der Waals surface area contributed by atoms with Crippen molar-refractivity contribution in [3.05, 3.63) is 50.9 Å². The summed E-state index contributed by atoms with van der Waals surface area (Å²) < 4.78 is 7.04. The molecule has 0 bridgehead atoms. The molecule has 7 nitrogen and oxygen atoms in total. The maximum absolute atomic E-state index is 13.0. The zero-order valence-corrected chi connectivity index (χ0v) is 16.8. The van der Waals surface area contributed by atoms with E-state index in [1.807, 2.05) is 6.07 Å². The van der Waals surface area contributed by atoms with Gasteiger partial charge < -0.3 is 10.1 Å². The number of hydrogen-bond donors (Lipinski definition) is 1. The van der Waals surface area contributed by atoms with E-state index in [1.54, 1.807) is 35.8 Å². The molecule has 1 aliphatic heterocycles. The Kier molecular flexibility index (Phi) is 5.32. The molecule has 148 valence electrons. The van der Waals surface area contributed by atoms with E-state index in [2.05, 4.69) is 5.32 Å². The Morgan fingerprint density at radius 1 is 1.38 bits per heavy atom. The second-order valence-corrected chi connectivity index (χ2v) is 7.96. The van der Waals surface area contributed by atoms with Crippen LogP contribution in [0.25, 0.3) is 10.2 Å². The molecule has 29 heavy (non-hydrogen) atoms. The van der Waals surface area contributed by atoms with Gasteiger partial charge in [-0.05, 0) is 37.5 Å². The van der Waals surface area contributed by atoms with Crippen LogP contribution in [0.2, 0.25) is 0 Å². The van der Waals surface area contributed by atoms with Gasteiger partial charge in [0.15, 0.2) is 6.61 Å². The van der Waals surface area contributed by atoms with E-state index in [0.29, 0.717) is 38.6 Å². The van der Waals surface area contributed by atoms with Gasteiger partial charge in [0.05, 0.1) is 10.3 Å². The third-order valence-corrected chi connectivity index (χ3v) is 6.20. The third kappa shape index (κ3) is 3.74. The number of aryl methyl sites for hydroxylation is 2. The number of benzene rings is 1. The number of carbonyl (C=O) groups is 1. The number of ether oxygens (including phenoxy) is 1. The van der Waals surface area contributed by atoms with E-state index in [4.69, 9.17) is 15.0 Å². The average molecular weight is 408 g/mol. The minimum Gasteiger partial charge on any atom is -0.479 e. The Morgan fingerprint density at radius 2 is 2.24 bits per heavy atom. The van der Waals surface area contributed by atoms with Gasteiger partial charge in [-0.25, -0.2) is 4.98 Å². The number of nitrogens with one attached hydrogen (secondary N) is 1. The smallest absolute Gasteiger partial charge is 0.266 e. The van der Waals surface area contributed by atoms with Crippen LogP contribution in [-0.2, 0) is 13.0 Å². The number of thiophene rings is 1. The van der Waals surface area contributed by atoms with Gasteiger partial charge in [0.1, 0.15) is 22.5 Å². The van der Waals surface area contributed by atoms with Crippen LogP contribution in [0.5, 0.6) is 5.75 Å². The van der Waals surface area contributed by atoms with Crippen molar-refractivity contribution >= 4 is 33.1 Å². The fourth-order valence-corrected chi connectivity index (χ4v) is 4.68. The number of carbonyl (C=O) groups excluding carboxylic acids is 1. The van der Waals surface area contributed by atoms with Crippen LogP contribution in [0, 0.1) is 18.3 Å². The van der Waals surface area contributed by atoms with Crippen LogP contribution in [0.4, 0.5) is 5.69 Å². The molecule has 0 radical (unpaired) electrons. The molecule has 0 aliphatic carbocycles. The van der Waals surface area contributed by atoms with Crippen molar-refractivity contribution in [1.29, 1.82) is 5.26 Å². The van der Waals surface area contributed by atoms with E-state index in [0.717, 1.165) is 31.5 Å². The quantitative estimate of drug-likeness (QED) is 0.711. The average Bonchev–Trinajstić information content (AvgIpc) is 2.88. The molecule has 0 fully saturated rings. The maximum atomic E-state index is 13.0. The molecule has 2 aromatic heterocycles. The van der Waals surface area contributed by atoms with Gasteiger partial charge in [0.25, 0.3) is 11.5 Å². The number of nitrogens with zero attached hydrogens (tertiary/aromatic N) is 3. The number of hydrogen-bond acceptors (Lipinski definition) is 6. The maximum Gasteiger partial charge on any atom is 0.266 e. The van der Waals surface area contributed by atoms with Crippen LogP contribution in [0.1, 0.15) is 40.3 Å². The zero-order valence-electron chi connectivity index (χ0n) is 16.0. The predicted octanol–water partition coefficient (Wildman–Crippen LogP) is 3.65. The van der Waals surface area contributed by atoms with Crippen molar-refractivity contribution in [2.75, 3.05) is 11.9 Å². The number of aromatic nitrogens is 2. The fourth-order valence-electron chi connectivity index (χ4n) is 3.59. The molecule has 3 heterocycles. The molecule has 0 unspecified atom stereocenters. The second-order valence-electron chi connectivity index (χ2n) is 6.96. The van der Waals surface area contributed by atoms with Gasteiger partial charge in [-0.2, -0.15) is 5.26 Å². The lowest BCUT2D eigenvalue weighted by Crippen LogP contribution is -2.24. The summed E-state index contributed by atoms with van der Waals surface area (Å²) in [5.74, 6) is 1.03. The summed E-state index contributed by atoms with van der Waals surface area (Å²) >= 11 is 1.25. The fraction of sp³-hybridized carbons (Fsp3) is 0.333. The molecule has 8 heteroatoms. The molecule has 1 aromatic carbocycles. The van der Waals surface area contributed by atoms with E-state index in [1.165, 1.54) is 11.3 Å². The van der Waals surface area contributed by atoms with Crippen LogP contribution in [-0.4, -0.2) is 22.1 Å². The van der Waals surface area contributed by atoms with E-state index >= 15 is 0 Å². The van der Waals surface area contributed by atoms with Crippen molar-refractivity contribution in [3.8, 4) is 11.8 Å². The molecule has 4 rings (SSSR count). The first-order valence-electron chi connectivity index (χ1n) is 9.52. The van der Waals surface area contributed by atoms with Crippen molar-refractivity contribution in [2.45, 2.75) is 39.2 Å². The summed E-state index contributed by atoms with van der Waals surface area (Å²) in [6, 6.07) is 8.77. The molecule has 0 saturated carbocycles. The van der Waals surface area contributed by atoms with Crippen molar-refractivity contribution in [2.24, 2.45) is 0 Å². The lowest BCUT2D eigenvalue weighted by Gasteiger charge is -2.08. The van der Waals surface area contributed by atoms with Gasteiger partial charge in [0.2, 0.25) is 0 Å². The molecule has 1 N–H and O–H groups in total. The Hall–Kier alpha value is -3.18. The lowest BCUT2D eigenvalue weighted by atomic mass is 10.2. The molecular weight excluding hydrogens is 388 g/mol. The third-order valence-electron chi connectivity index (χ3n) is 5.01. The van der Waals surface area contributed by atoms with E-state index in [9.17, 15) is 9.59 Å². The van der Waals surface area contributed by atoms with Crippen molar-refractivity contribution in [1.82, 2.24) is 9.55 Å². The summed E-state index contributed by atoms with van der Waals surface area (Å²) in [5.41, 5.74) is 1.17. The van der Waals surface area contributed by atoms with E-state index < -0.39 is 0 Å². The first-order chi connectivity index (χ1) is 14.1. The highest BCUT2D eigenvalue weighted by atomic mass is 32.1. The number of nitriles is 1. The highest BCUT2D eigenvalue weighted by Gasteiger charge is 2.22. The van der Waals surface area contributed by atoms with Gasteiger partial charge in [-0.15, -0.1) is 11.3 Å². The predicted molar refractivity (Wildman–Crippen MR) is 112 cm³/mol. The number of amides is 1. The second kappa shape index (κ2) is 8.05. The van der Waals surface area contributed by atoms with Gasteiger partial charge in [0, 0.05) is 24.7 Å². The molecular formula is C21H20N4O3S. The molecule has 0 spiro atoms. The summed E-state index contributed by atoms with van der Waals surface area (Å²) in [7, 11) is 0. The highest BCUT2D eigenvalue weighted by Crippen LogP contribution is 2.29. The summed E-state index contributed by atoms with van der Waals surface area (Å²) in [6.45, 7) is 2.42. The van der Waals surface area contributed by atoms with Crippen molar-refractivity contribution in [3.63, 3.8) is 0 Å². The topological polar surface area (TPSA) is 97.0 Å². The van der Waals surface area contributed by atoms with Crippen LogP contribution in [0.15, 0.2) is 29.1 Å². The Balaban J connectivity index is 1.67. The Labute approximate surface area is 171 Å². The minimum atomic E-state index is -0.289. The van der Waals surface area contributed by atoms with Crippen LogP contribution >= 0.6 is 11.3 Å². The normalized spacial score (nSPS) is 13.4. The number of rotatable bonds is 4. The number of anilines is 1. The number of fused-ring (bicyclic) bond motifs is 2. The molecule has 0 atom stereocenters. The summed E-state index contributed by atoms with van der Waals surface area (Å²) in [5, 5.41) is 12.0. The van der Waals surface area contributed by atoms with Gasteiger partial charge in [-0.1, -0.05) is 12.5 Å². The van der Waals surface area contributed by atoms with E-state index in [-0.39, 0.29) is 18.1 Å². The molecule has 3 aromatic rings. The Bertz CT molecular complexity index is 1190. The minimum absolute atomic E-state index is 0.0494. The first-order valence-corrected chi connectivity index (χ1v) is 10.3. The van der Waals surface area contributed by atoms with Crippen LogP contribution < -0.4 is 15.6 Å². The first kappa shape index (κ1) is 19.2. The molecule has 1 amide bonds. The summed E-state index contributed by atoms with van der Waals surface area (Å²) in [4.78, 5) is 31.7. The largest absolute Gasteiger partial charge is 0.479 e. The lowest BCUT2D eigenvalue weighted by molar-refractivity contribution is 0.103. The standard InChI is InChI=1S/C21H20N4O3S/c1-13-17-20(24-16-8-3-2-4-10-25(16)21(17)27)29-18(13)19(26)23-14-6-5-7-15(12-14)28-11-9-22/h5-7,12H,2-4,8,10-11H2,1H3,(H,23,26). The molecule has 1 aliphatic rings. The Morgan fingerprint density at radius 3 is 3.07 bits per heavy atom. The molecule has 0 saturated heterocycles. The zero-order chi connectivity index (χ0) is 20.4. The summed E-state index contributed by atoms with van der Waals surface area (Å²) in [6.07, 6.45) is 3.89. The highest BCUT2D eigenvalue weighted by molar-refractivity contribution is 7.20.